The van der Waals surface area contributed by atoms with Crippen molar-refractivity contribution in [2.24, 2.45) is 14.1 Å². The molecule has 0 aliphatic carbocycles. The lowest BCUT2D eigenvalue weighted by molar-refractivity contribution is -0.902. The lowest BCUT2D eigenvalue weighted by atomic mass is 10.1. The van der Waals surface area contributed by atoms with Gasteiger partial charge in [0.05, 0.1) is 31.9 Å². The maximum atomic E-state index is 13.0. The second-order valence-corrected chi connectivity index (χ2v) is 9.32. The summed E-state index contributed by atoms with van der Waals surface area (Å²) in [5.41, 5.74) is 2.63. The van der Waals surface area contributed by atoms with E-state index in [-0.39, 0.29) is 11.2 Å². The first-order valence-electron chi connectivity index (χ1n) is 10.6. The van der Waals surface area contributed by atoms with Gasteiger partial charge in [0, 0.05) is 14.1 Å². The average molecular weight is 429 g/mol. The number of hydrogen-bond acceptors (Lipinski definition) is 4. The zero-order chi connectivity index (χ0) is 21.3. The van der Waals surface area contributed by atoms with Gasteiger partial charge in [0.1, 0.15) is 0 Å². The number of nitrogens with one attached hydrogen (secondary N) is 1. The summed E-state index contributed by atoms with van der Waals surface area (Å²) in [6, 6.07) is 8.32. The first-order chi connectivity index (χ1) is 14.5. The van der Waals surface area contributed by atoms with Gasteiger partial charge in [0.2, 0.25) is 0 Å². The van der Waals surface area contributed by atoms with Crippen molar-refractivity contribution in [3.05, 3.63) is 56.2 Å². The predicted molar refractivity (Wildman–Crippen MR) is 121 cm³/mol. The number of likely N-dealkylation sites (tertiary alicyclic amines) is 1. The van der Waals surface area contributed by atoms with Crippen LogP contribution in [0.15, 0.2) is 39.0 Å². The zero-order valence-electron chi connectivity index (χ0n) is 18.0. The Balaban J connectivity index is 1.70. The summed E-state index contributed by atoms with van der Waals surface area (Å²) in [4.78, 5) is 31.8. The molecule has 7 nitrogen and oxygen atoms in total. The van der Waals surface area contributed by atoms with Crippen LogP contribution in [-0.4, -0.2) is 44.1 Å². The summed E-state index contributed by atoms with van der Waals surface area (Å²) in [6.07, 6.45) is 3.97. The number of thioether (sulfide) groups is 1. The molecule has 0 bridgehead atoms. The van der Waals surface area contributed by atoms with Gasteiger partial charge >= 0.3 is 5.69 Å². The molecule has 1 saturated heterocycles. The van der Waals surface area contributed by atoms with Crippen LogP contribution >= 0.6 is 11.8 Å². The van der Waals surface area contributed by atoms with Gasteiger partial charge < -0.3 is 9.47 Å². The van der Waals surface area contributed by atoms with E-state index in [1.165, 1.54) is 54.1 Å². The van der Waals surface area contributed by atoms with Crippen LogP contribution in [0.4, 0.5) is 0 Å². The molecule has 0 saturated carbocycles. The van der Waals surface area contributed by atoms with Crippen molar-refractivity contribution in [3.63, 3.8) is 0 Å². The molecule has 3 aromatic rings. The van der Waals surface area contributed by atoms with Crippen molar-refractivity contribution in [3.8, 4) is 0 Å². The zero-order valence-corrected chi connectivity index (χ0v) is 18.8. The summed E-state index contributed by atoms with van der Waals surface area (Å²) < 4.78 is 4.63. The van der Waals surface area contributed by atoms with E-state index in [1.807, 2.05) is 4.57 Å². The molecule has 3 heterocycles. The van der Waals surface area contributed by atoms with Crippen molar-refractivity contribution < 1.29 is 4.90 Å². The molecule has 160 valence electrons. The Morgan fingerprint density at radius 2 is 1.73 bits per heavy atom. The number of aromatic nitrogens is 4. The molecule has 0 unspecified atom stereocenters. The van der Waals surface area contributed by atoms with E-state index in [9.17, 15) is 9.59 Å². The number of aryl methyl sites for hydroxylation is 2. The number of quaternary nitrogens is 1. The smallest absolute Gasteiger partial charge is 0.332 e. The minimum Gasteiger partial charge on any atom is -0.334 e. The molecule has 0 spiro atoms. The van der Waals surface area contributed by atoms with Gasteiger partial charge in [0.25, 0.3) is 5.56 Å². The fourth-order valence-electron chi connectivity index (χ4n) is 4.15. The molecular weight excluding hydrogens is 398 g/mol. The Hall–Kier alpha value is -2.32. The Morgan fingerprint density at radius 3 is 2.43 bits per heavy atom. The summed E-state index contributed by atoms with van der Waals surface area (Å²) in [5.74, 6) is 0.945. The molecule has 0 amide bonds. The standard InChI is InChI=1S/C22H29N5O2S/c1-16-7-9-17(10-8-16)15-27-18-19(24(2)22(29)25(3)20(18)28)23-21(27)30-14-13-26-11-5-4-6-12-26/h7-10H,4-6,11-15H2,1-3H3/p+1. The molecule has 1 aliphatic rings. The van der Waals surface area contributed by atoms with Crippen molar-refractivity contribution >= 4 is 22.9 Å². The van der Waals surface area contributed by atoms with Crippen LogP contribution in [0.3, 0.4) is 0 Å². The number of benzene rings is 1. The third-order valence-corrected chi connectivity index (χ3v) is 7.00. The fourth-order valence-corrected chi connectivity index (χ4v) is 5.18. The monoisotopic (exact) mass is 428 g/mol. The first-order valence-corrected chi connectivity index (χ1v) is 11.6. The normalized spacial score (nSPS) is 15.2. The molecule has 0 radical (unpaired) electrons. The van der Waals surface area contributed by atoms with Crippen molar-refractivity contribution in [1.82, 2.24) is 18.7 Å². The molecular formula is C22H30N5O2S+. The number of piperidine rings is 1. The van der Waals surface area contributed by atoms with Crippen LogP contribution in [0.25, 0.3) is 11.2 Å². The van der Waals surface area contributed by atoms with Crippen LogP contribution in [-0.2, 0) is 20.6 Å². The van der Waals surface area contributed by atoms with E-state index < -0.39 is 0 Å². The minimum atomic E-state index is -0.346. The van der Waals surface area contributed by atoms with Gasteiger partial charge in [-0.1, -0.05) is 41.6 Å². The summed E-state index contributed by atoms with van der Waals surface area (Å²) in [6.45, 7) is 6.20. The fraction of sp³-hybridized carbons (Fsp3) is 0.500. The molecule has 30 heavy (non-hydrogen) atoms. The summed E-state index contributed by atoms with van der Waals surface area (Å²) in [5, 5.41) is 0.806. The SMILES string of the molecule is Cc1ccc(Cn2c(SCC[NH+]3CCCCC3)nc3c2c(=O)n(C)c(=O)n3C)cc1. The third kappa shape index (κ3) is 4.11. The van der Waals surface area contributed by atoms with Crippen LogP contribution in [0, 0.1) is 6.92 Å². The maximum Gasteiger partial charge on any atom is 0.332 e. The highest BCUT2D eigenvalue weighted by atomic mass is 32.2. The van der Waals surface area contributed by atoms with E-state index in [1.54, 1.807) is 23.7 Å². The Labute approximate surface area is 180 Å². The minimum absolute atomic E-state index is 0.291. The highest BCUT2D eigenvalue weighted by Gasteiger charge is 2.20. The van der Waals surface area contributed by atoms with Gasteiger partial charge in [-0.05, 0) is 31.7 Å². The number of nitrogens with zero attached hydrogens (tertiary/aromatic N) is 4. The largest absolute Gasteiger partial charge is 0.334 e. The van der Waals surface area contributed by atoms with E-state index in [4.69, 9.17) is 4.98 Å². The molecule has 1 aromatic carbocycles. The maximum absolute atomic E-state index is 13.0. The van der Waals surface area contributed by atoms with E-state index in [0.717, 1.165) is 23.0 Å². The molecule has 2 aromatic heterocycles. The Morgan fingerprint density at radius 1 is 1.03 bits per heavy atom. The van der Waals surface area contributed by atoms with Crippen molar-refractivity contribution in [1.29, 1.82) is 0 Å². The second kappa shape index (κ2) is 8.81. The van der Waals surface area contributed by atoms with Gasteiger partial charge in [-0.2, -0.15) is 0 Å². The van der Waals surface area contributed by atoms with Gasteiger partial charge in [-0.15, -0.1) is 0 Å². The molecule has 1 N–H and O–H groups in total. The lowest BCUT2D eigenvalue weighted by Gasteiger charge is -2.23. The van der Waals surface area contributed by atoms with Crippen LogP contribution in [0.1, 0.15) is 30.4 Å². The number of imidazole rings is 1. The molecule has 1 aliphatic heterocycles. The van der Waals surface area contributed by atoms with Crippen LogP contribution < -0.4 is 16.1 Å². The first kappa shape index (κ1) is 20.9. The van der Waals surface area contributed by atoms with Gasteiger partial charge in [0.15, 0.2) is 16.3 Å². The predicted octanol–water partition coefficient (Wildman–Crippen LogP) is 0.951. The number of rotatable bonds is 6. The van der Waals surface area contributed by atoms with Gasteiger partial charge in [-0.3, -0.25) is 13.9 Å². The molecule has 1 fully saturated rings. The summed E-state index contributed by atoms with van der Waals surface area (Å²) >= 11 is 1.69. The van der Waals surface area contributed by atoms with Crippen molar-refractivity contribution in [2.45, 2.75) is 37.9 Å². The quantitative estimate of drug-likeness (QED) is 0.594. The average Bonchev–Trinajstić information content (AvgIpc) is 3.11. The second-order valence-electron chi connectivity index (χ2n) is 8.25. The number of fused-ring (bicyclic) bond motifs is 1. The topological polar surface area (TPSA) is 66.3 Å². The third-order valence-electron chi connectivity index (χ3n) is 6.02. The van der Waals surface area contributed by atoms with E-state index >= 15 is 0 Å². The number of hydrogen-bond donors (Lipinski definition) is 1. The highest BCUT2D eigenvalue weighted by molar-refractivity contribution is 7.99. The van der Waals surface area contributed by atoms with Crippen LogP contribution in [0.2, 0.25) is 0 Å². The van der Waals surface area contributed by atoms with Crippen LogP contribution in [0.5, 0.6) is 0 Å². The summed E-state index contributed by atoms with van der Waals surface area (Å²) in [7, 11) is 3.21. The lowest BCUT2D eigenvalue weighted by Crippen LogP contribution is -3.13. The molecule has 0 atom stereocenters. The van der Waals surface area contributed by atoms with Gasteiger partial charge in [-0.25, -0.2) is 9.78 Å². The highest BCUT2D eigenvalue weighted by Crippen LogP contribution is 2.22. The van der Waals surface area contributed by atoms with Crippen molar-refractivity contribution in [2.75, 3.05) is 25.4 Å². The Kier molecular flexibility index (Phi) is 6.15. The Bertz CT molecular complexity index is 1150. The van der Waals surface area contributed by atoms with E-state index in [0.29, 0.717) is 17.7 Å². The van der Waals surface area contributed by atoms with E-state index in [2.05, 4.69) is 31.2 Å². The molecule has 8 heteroatoms. The molecule has 4 rings (SSSR count).